The molecule has 1 saturated heterocycles. The zero-order chi connectivity index (χ0) is 12.4. The summed E-state index contributed by atoms with van der Waals surface area (Å²) in [6.45, 7) is 3.56. The Bertz CT molecular complexity index is 394. The quantitative estimate of drug-likeness (QED) is 0.801. The number of pyridine rings is 1. The molecule has 1 fully saturated rings. The Kier molecular flexibility index (Phi) is 3.43. The van der Waals surface area contributed by atoms with Gasteiger partial charge < -0.3 is 10.0 Å². The van der Waals surface area contributed by atoms with Gasteiger partial charge in [-0.3, -0.25) is 9.78 Å². The first kappa shape index (κ1) is 12.0. The van der Waals surface area contributed by atoms with E-state index in [4.69, 9.17) is 0 Å². The highest BCUT2D eigenvalue weighted by atomic mass is 16.3. The van der Waals surface area contributed by atoms with E-state index in [-0.39, 0.29) is 24.1 Å². The number of amides is 1. The molecule has 1 N–H and O–H groups in total. The summed E-state index contributed by atoms with van der Waals surface area (Å²) in [5, 5.41) is 9.85. The van der Waals surface area contributed by atoms with Gasteiger partial charge in [0.15, 0.2) is 0 Å². The highest BCUT2D eigenvalue weighted by Gasteiger charge is 2.34. The summed E-state index contributed by atoms with van der Waals surface area (Å²) in [7, 11) is 0. The monoisotopic (exact) mass is 234 g/mol. The van der Waals surface area contributed by atoms with Crippen LogP contribution >= 0.6 is 0 Å². The summed E-state index contributed by atoms with van der Waals surface area (Å²) in [6, 6.07) is 3.83. The molecule has 0 radical (unpaired) electrons. The van der Waals surface area contributed by atoms with Gasteiger partial charge in [0.1, 0.15) is 0 Å². The van der Waals surface area contributed by atoms with E-state index < -0.39 is 0 Å². The molecule has 1 amide bonds. The van der Waals surface area contributed by atoms with Crippen molar-refractivity contribution in [2.45, 2.75) is 44.9 Å². The fourth-order valence-electron chi connectivity index (χ4n) is 2.68. The first-order valence-corrected chi connectivity index (χ1v) is 5.96. The standard InChI is InChI=1S/C13H18N2O2/c1-9-6-12(17)7-13(15(9)10(2)16)11-4-3-5-14-8-11/h3-5,8-9,12-13,17H,6-7H2,1-2H3/t9-,12+,13-/m1/s1. The van der Waals surface area contributed by atoms with Crippen molar-refractivity contribution >= 4 is 5.91 Å². The van der Waals surface area contributed by atoms with Gasteiger partial charge in [0, 0.05) is 25.4 Å². The molecule has 4 nitrogen and oxygen atoms in total. The number of hydrogen-bond donors (Lipinski definition) is 1. The number of likely N-dealkylation sites (tertiary alicyclic amines) is 1. The van der Waals surface area contributed by atoms with Gasteiger partial charge in [-0.1, -0.05) is 6.07 Å². The fourth-order valence-corrected chi connectivity index (χ4v) is 2.68. The molecule has 1 aromatic heterocycles. The highest BCUT2D eigenvalue weighted by Crippen LogP contribution is 2.34. The zero-order valence-corrected chi connectivity index (χ0v) is 10.2. The van der Waals surface area contributed by atoms with E-state index in [1.54, 1.807) is 19.3 Å². The molecule has 0 saturated carbocycles. The summed E-state index contributed by atoms with van der Waals surface area (Å²) in [5.74, 6) is 0.0539. The number of carbonyl (C=O) groups excluding carboxylic acids is 1. The van der Waals surface area contributed by atoms with Crippen LogP contribution in [-0.4, -0.2) is 33.0 Å². The van der Waals surface area contributed by atoms with E-state index in [2.05, 4.69) is 4.98 Å². The maximum atomic E-state index is 11.7. The Hall–Kier alpha value is -1.42. The fraction of sp³-hybridized carbons (Fsp3) is 0.538. The summed E-state index contributed by atoms with van der Waals surface area (Å²) in [4.78, 5) is 17.7. The molecule has 0 unspecified atom stereocenters. The number of nitrogens with zero attached hydrogens (tertiary/aromatic N) is 2. The van der Waals surface area contributed by atoms with E-state index >= 15 is 0 Å². The molecule has 1 aliphatic heterocycles. The van der Waals surface area contributed by atoms with Crippen LogP contribution in [0.25, 0.3) is 0 Å². The molecule has 0 aromatic carbocycles. The topological polar surface area (TPSA) is 53.4 Å². The summed E-state index contributed by atoms with van der Waals surface area (Å²) in [5.41, 5.74) is 0.994. The third-order valence-electron chi connectivity index (χ3n) is 3.35. The molecule has 17 heavy (non-hydrogen) atoms. The Balaban J connectivity index is 2.31. The molecular weight excluding hydrogens is 216 g/mol. The van der Waals surface area contributed by atoms with Gasteiger partial charge in [-0.2, -0.15) is 0 Å². The van der Waals surface area contributed by atoms with Gasteiger partial charge >= 0.3 is 0 Å². The second-order valence-electron chi connectivity index (χ2n) is 4.70. The van der Waals surface area contributed by atoms with Gasteiger partial charge in [-0.15, -0.1) is 0 Å². The van der Waals surface area contributed by atoms with Crippen LogP contribution in [0.15, 0.2) is 24.5 Å². The molecule has 3 atom stereocenters. The summed E-state index contributed by atoms with van der Waals surface area (Å²) < 4.78 is 0. The van der Waals surface area contributed by atoms with Crippen molar-refractivity contribution < 1.29 is 9.90 Å². The van der Waals surface area contributed by atoms with Gasteiger partial charge in [-0.25, -0.2) is 0 Å². The summed E-state index contributed by atoms with van der Waals surface area (Å²) >= 11 is 0. The number of rotatable bonds is 1. The number of hydrogen-bond acceptors (Lipinski definition) is 3. The molecule has 1 aliphatic rings. The molecular formula is C13H18N2O2. The Labute approximate surface area is 101 Å². The number of piperidine rings is 1. The van der Waals surface area contributed by atoms with Crippen molar-refractivity contribution in [3.05, 3.63) is 30.1 Å². The smallest absolute Gasteiger partial charge is 0.220 e. The van der Waals surface area contributed by atoms with Crippen molar-refractivity contribution in [3.8, 4) is 0 Å². The predicted octanol–water partition coefficient (Wildman–Crippen LogP) is 1.51. The molecule has 92 valence electrons. The van der Waals surface area contributed by atoms with Crippen molar-refractivity contribution in [1.29, 1.82) is 0 Å². The van der Waals surface area contributed by atoms with E-state index in [9.17, 15) is 9.90 Å². The van der Waals surface area contributed by atoms with E-state index in [0.29, 0.717) is 12.8 Å². The molecule has 2 heterocycles. The minimum Gasteiger partial charge on any atom is -0.393 e. The van der Waals surface area contributed by atoms with Crippen molar-refractivity contribution in [3.63, 3.8) is 0 Å². The maximum absolute atomic E-state index is 11.7. The Morgan fingerprint density at radius 2 is 2.29 bits per heavy atom. The SMILES string of the molecule is CC(=O)N1[C@H](C)C[C@H](O)C[C@@H]1c1cccnc1. The Morgan fingerprint density at radius 1 is 1.53 bits per heavy atom. The lowest BCUT2D eigenvalue weighted by atomic mass is 9.90. The van der Waals surface area contributed by atoms with Crippen LogP contribution < -0.4 is 0 Å². The lowest BCUT2D eigenvalue weighted by Gasteiger charge is -2.42. The number of aliphatic hydroxyl groups excluding tert-OH is 1. The first-order valence-electron chi connectivity index (χ1n) is 5.96. The van der Waals surface area contributed by atoms with E-state index in [1.807, 2.05) is 24.0 Å². The minimum absolute atomic E-state index is 0.0539. The van der Waals surface area contributed by atoms with Crippen LogP contribution in [0.5, 0.6) is 0 Å². The van der Waals surface area contributed by atoms with Crippen molar-refractivity contribution in [1.82, 2.24) is 9.88 Å². The predicted molar refractivity (Wildman–Crippen MR) is 64.2 cm³/mol. The van der Waals surface area contributed by atoms with Gasteiger partial charge in [0.2, 0.25) is 5.91 Å². The average Bonchev–Trinajstić information content (AvgIpc) is 2.28. The number of aliphatic hydroxyl groups is 1. The molecule has 0 bridgehead atoms. The molecule has 0 spiro atoms. The van der Waals surface area contributed by atoms with E-state index in [1.165, 1.54) is 0 Å². The number of aromatic nitrogens is 1. The third kappa shape index (κ3) is 2.47. The van der Waals surface area contributed by atoms with Crippen LogP contribution in [0.3, 0.4) is 0 Å². The van der Waals surface area contributed by atoms with Crippen LogP contribution in [0.4, 0.5) is 0 Å². The second-order valence-corrected chi connectivity index (χ2v) is 4.70. The normalized spacial score (nSPS) is 29.1. The van der Waals surface area contributed by atoms with Gasteiger partial charge in [0.25, 0.3) is 0 Å². The summed E-state index contributed by atoms with van der Waals surface area (Å²) in [6.07, 6.45) is 4.38. The third-order valence-corrected chi connectivity index (χ3v) is 3.35. The minimum atomic E-state index is -0.342. The molecule has 4 heteroatoms. The lowest BCUT2D eigenvalue weighted by molar-refractivity contribution is -0.138. The first-order chi connectivity index (χ1) is 8.09. The molecule has 1 aromatic rings. The molecule has 0 aliphatic carbocycles. The maximum Gasteiger partial charge on any atom is 0.220 e. The highest BCUT2D eigenvalue weighted by molar-refractivity contribution is 5.74. The van der Waals surface area contributed by atoms with Crippen LogP contribution in [-0.2, 0) is 4.79 Å². The van der Waals surface area contributed by atoms with E-state index in [0.717, 1.165) is 5.56 Å². The average molecular weight is 234 g/mol. The number of carbonyl (C=O) groups is 1. The molecule has 2 rings (SSSR count). The van der Waals surface area contributed by atoms with Gasteiger partial charge in [-0.05, 0) is 31.4 Å². The largest absolute Gasteiger partial charge is 0.393 e. The van der Waals surface area contributed by atoms with Gasteiger partial charge in [0.05, 0.1) is 12.1 Å². The van der Waals surface area contributed by atoms with Crippen LogP contribution in [0.2, 0.25) is 0 Å². The zero-order valence-electron chi connectivity index (χ0n) is 10.2. The van der Waals surface area contributed by atoms with Crippen LogP contribution in [0, 0.1) is 0 Å². The van der Waals surface area contributed by atoms with Crippen molar-refractivity contribution in [2.75, 3.05) is 0 Å². The van der Waals surface area contributed by atoms with Crippen molar-refractivity contribution in [2.24, 2.45) is 0 Å². The lowest BCUT2D eigenvalue weighted by Crippen LogP contribution is -2.47. The van der Waals surface area contributed by atoms with Crippen LogP contribution in [0.1, 0.15) is 38.3 Å². The second kappa shape index (κ2) is 4.84. The Morgan fingerprint density at radius 3 is 2.88 bits per heavy atom.